The maximum atomic E-state index is 12.8. The molecule has 2 aromatic rings. The average Bonchev–Trinajstić information content (AvgIpc) is 3.09. The van der Waals surface area contributed by atoms with Crippen LogP contribution in [0.25, 0.3) is 10.9 Å². The molecule has 152 valence electrons. The molecule has 0 aliphatic heterocycles. The molecule has 3 rings (SSSR count). The second-order valence-corrected chi connectivity index (χ2v) is 8.21. The van der Waals surface area contributed by atoms with Gasteiger partial charge in [-0.3, -0.25) is 9.59 Å². The van der Waals surface area contributed by atoms with E-state index in [4.69, 9.17) is 0 Å². The first-order chi connectivity index (χ1) is 13.5. The first-order valence-electron chi connectivity index (χ1n) is 10.7. The van der Waals surface area contributed by atoms with Crippen LogP contribution in [-0.4, -0.2) is 35.4 Å². The van der Waals surface area contributed by atoms with Crippen molar-refractivity contribution in [3.8, 4) is 0 Å². The van der Waals surface area contributed by atoms with E-state index in [0.717, 1.165) is 23.9 Å². The number of hydrogen-bond donors (Lipinski definition) is 2. The fourth-order valence-electron chi connectivity index (χ4n) is 4.35. The minimum absolute atomic E-state index is 0.229. The standard InChI is InChI=1S/C23H33N3O2/c1-4-24-18-11-9-17(10-12-18)13-14-25-23(28)22(27)20-15-26(16(2)3)21-8-6-5-7-19(20)21/h5-8,15-18,24H,4,9-14H2,1-3H3,(H,25,28). The molecule has 1 aliphatic carbocycles. The van der Waals surface area contributed by atoms with Gasteiger partial charge in [0, 0.05) is 35.7 Å². The van der Waals surface area contributed by atoms with Gasteiger partial charge < -0.3 is 15.2 Å². The van der Waals surface area contributed by atoms with Crippen LogP contribution in [0.1, 0.15) is 69.3 Å². The molecule has 1 aliphatic rings. The van der Waals surface area contributed by atoms with Gasteiger partial charge in [0.1, 0.15) is 0 Å². The fourth-order valence-corrected chi connectivity index (χ4v) is 4.35. The number of hydrogen-bond acceptors (Lipinski definition) is 3. The van der Waals surface area contributed by atoms with Gasteiger partial charge in [0.15, 0.2) is 0 Å². The largest absolute Gasteiger partial charge is 0.349 e. The molecule has 0 atom stereocenters. The van der Waals surface area contributed by atoms with Crippen LogP contribution in [0.3, 0.4) is 0 Å². The summed E-state index contributed by atoms with van der Waals surface area (Å²) in [5.74, 6) is -0.285. The lowest BCUT2D eigenvalue weighted by atomic mass is 9.84. The smallest absolute Gasteiger partial charge is 0.292 e. The summed E-state index contributed by atoms with van der Waals surface area (Å²) >= 11 is 0. The lowest BCUT2D eigenvalue weighted by Crippen LogP contribution is -2.35. The molecule has 2 N–H and O–H groups in total. The van der Waals surface area contributed by atoms with E-state index in [1.807, 2.05) is 30.5 Å². The number of carbonyl (C=O) groups is 2. The van der Waals surface area contributed by atoms with Crippen molar-refractivity contribution in [1.29, 1.82) is 0 Å². The van der Waals surface area contributed by atoms with E-state index in [2.05, 4.69) is 36.0 Å². The Hall–Kier alpha value is -2.14. The summed E-state index contributed by atoms with van der Waals surface area (Å²) in [5, 5.41) is 7.22. The summed E-state index contributed by atoms with van der Waals surface area (Å²) in [5.41, 5.74) is 1.49. The van der Waals surface area contributed by atoms with Crippen LogP contribution in [0.4, 0.5) is 0 Å². The third-order valence-electron chi connectivity index (χ3n) is 5.93. The van der Waals surface area contributed by atoms with Gasteiger partial charge in [-0.15, -0.1) is 0 Å². The Balaban J connectivity index is 1.56. The molecular weight excluding hydrogens is 350 g/mol. The number of nitrogens with one attached hydrogen (secondary N) is 2. The summed E-state index contributed by atoms with van der Waals surface area (Å²) < 4.78 is 2.05. The van der Waals surface area contributed by atoms with E-state index in [0.29, 0.717) is 24.1 Å². The molecule has 5 heteroatoms. The van der Waals surface area contributed by atoms with Crippen LogP contribution in [0.2, 0.25) is 0 Å². The van der Waals surface area contributed by atoms with E-state index in [1.54, 1.807) is 0 Å². The molecule has 0 bridgehead atoms. The number of para-hydroxylation sites is 1. The van der Waals surface area contributed by atoms with Crippen molar-refractivity contribution in [2.24, 2.45) is 5.92 Å². The Morgan fingerprint density at radius 2 is 1.86 bits per heavy atom. The fraction of sp³-hybridized carbons (Fsp3) is 0.565. The maximum absolute atomic E-state index is 12.8. The highest BCUT2D eigenvalue weighted by Crippen LogP contribution is 2.27. The molecule has 28 heavy (non-hydrogen) atoms. The number of aromatic nitrogens is 1. The first-order valence-corrected chi connectivity index (χ1v) is 10.7. The number of Topliss-reactive ketones (excluding diaryl/α,β-unsaturated/α-hetero) is 1. The van der Waals surface area contributed by atoms with Crippen molar-refractivity contribution in [3.05, 3.63) is 36.0 Å². The molecule has 0 spiro atoms. The Labute approximate surface area is 167 Å². The van der Waals surface area contributed by atoms with Gasteiger partial charge in [-0.25, -0.2) is 0 Å². The van der Waals surface area contributed by atoms with Crippen LogP contribution < -0.4 is 10.6 Å². The zero-order valence-electron chi connectivity index (χ0n) is 17.3. The highest BCUT2D eigenvalue weighted by atomic mass is 16.2. The molecule has 0 saturated heterocycles. The lowest BCUT2D eigenvalue weighted by molar-refractivity contribution is -0.117. The molecule has 1 fully saturated rings. The molecule has 1 aromatic carbocycles. The topological polar surface area (TPSA) is 63.1 Å². The number of benzene rings is 1. The predicted octanol–water partition coefficient (Wildman–Crippen LogP) is 4.08. The number of amides is 1. The van der Waals surface area contributed by atoms with Crippen molar-refractivity contribution in [1.82, 2.24) is 15.2 Å². The quantitative estimate of drug-likeness (QED) is 0.533. The number of rotatable bonds is 8. The Morgan fingerprint density at radius 3 is 2.54 bits per heavy atom. The van der Waals surface area contributed by atoms with Gasteiger partial charge >= 0.3 is 0 Å². The Morgan fingerprint density at radius 1 is 1.14 bits per heavy atom. The van der Waals surface area contributed by atoms with Crippen LogP contribution >= 0.6 is 0 Å². The van der Waals surface area contributed by atoms with Crippen molar-refractivity contribution in [3.63, 3.8) is 0 Å². The summed E-state index contributed by atoms with van der Waals surface area (Å²) in [6, 6.07) is 8.65. The predicted molar refractivity (Wildman–Crippen MR) is 114 cm³/mol. The molecule has 5 nitrogen and oxygen atoms in total. The van der Waals surface area contributed by atoms with Gasteiger partial charge in [0.25, 0.3) is 11.7 Å². The van der Waals surface area contributed by atoms with E-state index >= 15 is 0 Å². The van der Waals surface area contributed by atoms with E-state index in [9.17, 15) is 9.59 Å². The van der Waals surface area contributed by atoms with Gasteiger partial charge in [-0.05, 0) is 64.5 Å². The highest BCUT2D eigenvalue weighted by Gasteiger charge is 2.23. The molecule has 1 aromatic heterocycles. The third-order valence-corrected chi connectivity index (χ3v) is 5.93. The summed E-state index contributed by atoms with van der Waals surface area (Å²) in [4.78, 5) is 25.2. The average molecular weight is 384 g/mol. The maximum Gasteiger partial charge on any atom is 0.292 e. The Kier molecular flexibility index (Phi) is 6.89. The normalized spacial score (nSPS) is 19.9. The van der Waals surface area contributed by atoms with Gasteiger partial charge in [0.05, 0.1) is 5.56 Å². The van der Waals surface area contributed by atoms with E-state index in [-0.39, 0.29) is 6.04 Å². The monoisotopic (exact) mass is 383 g/mol. The van der Waals surface area contributed by atoms with Crippen molar-refractivity contribution in [2.45, 2.75) is 65.0 Å². The van der Waals surface area contributed by atoms with Crippen molar-refractivity contribution >= 4 is 22.6 Å². The van der Waals surface area contributed by atoms with Crippen molar-refractivity contribution < 1.29 is 9.59 Å². The second-order valence-electron chi connectivity index (χ2n) is 8.21. The molecule has 1 heterocycles. The summed E-state index contributed by atoms with van der Waals surface area (Å²) in [6.45, 7) is 7.90. The van der Waals surface area contributed by atoms with Crippen LogP contribution in [-0.2, 0) is 4.79 Å². The second kappa shape index (κ2) is 9.37. The zero-order chi connectivity index (χ0) is 20.1. The SMILES string of the molecule is CCNC1CCC(CCNC(=O)C(=O)c2cn(C(C)C)c3ccccc23)CC1. The number of fused-ring (bicyclic) bond motifs is 1. The van der Waals surface area contributed by atoms with Crippen molar-refractivity contribution in [2.75, 3.05) is 13.1 Å². The summed E-state index contributed by atoms with van der Waals surface area (Å²) in [6.07, 6.45) is 7.58. The Bertz CT molecular complexity index is 816. The first kappa shape index (κ1) is 20.6. The van der Waals surface area contributed by atoms with Crippen LogP contribution in [0.15, 0.2) is 30.5 Å². The third kappa shape index (κ3) is 4.64. The van der Waals surface area contributed by atoms with Gasteiger partial charge in [-0.1, -0.05) is 25.1 Å². The van der Waals surface area contributed by atoms with E-state index < -0.39 is 11.7 Å². The number of ketones is 1. The van der Waals surface area contributed by atoms with E-state index in [1.165, 1.54) is 25.7 Å². The molecule has 1 amide bonds. The minimum atomic E-state index is -0.493. The molecular formula is C23H33N3O2. The molecule has 0 unspecified atom stereocenters. The van der Waals surface area contributed by atoms with Gasteiger partial charge in [0.2, 0.25) is 0 Å². The number of carbonyl (C=O) groups excluding carboxylic acids is 2. The molecule has 1 saturated carbocycles. The zero-order valence-corrected chi connectivity index (χ0v) is 17.3. The number of nitrogens with zero attached hydrogens (tertiary/aromatic N) is 1. The summed E-state index contributed by atoms with van der Waals surface area (Å²) in [7, 11) is 0. The van der Waals surface area contributed by atoms with Gasteiger partial charge in [-0.2, -0.15) is 0 Å². The van der Waals surface area contributed by atoms with Crippen LogP contribution in [0.5, 0.6) is 0 Å². The lowest BCUT2D eigenvalue weighted by Gasteiger charge is -2.28. The minimum Gasteiger partial charge on any atom is -0.349 e. The molecule has 0 radical (unpaired) electrons. The van der Waals surface area contributed by atoms with Crippen LogP contribution in [0, 0.1) is 5.92 Å². The highest BCUT2D eigenvalue weighted by molar-refractivity contribution is 6.45.